The van der Waals surface area contributed by atoms with Crippen molar-refractivity contribution in [3.8, 4) is 0 Å². The van der Waals surface area contributed by atoms with Crippen molar-refractivity contribution in [2.75, 3.05) is 11.5 Å². The van der Waals surface area contributed by atoms with Gasteiger partial charge in [-0.2, -0.15) is 0 Å². The van der Waals surface area contributed by atoms with Gasteiger partial charge in [0.05, 0.1) is 5.44 Å². The van der Waals surface area contributed by atoms with E-state index in [9.17, 15) is 0 Å². The number of thioether (sulfide) groups is 2. The molecule has 0 N–H and O–H groups in total. The third kappa shape index (κ3) is 10.5. The molecule has 78 valence electrons. The van der Waals surface area contributed by atoms with Gasteiger partial charge in [0, 0.05) is 11.5 Å². The van der Waals surface area contributed by atoms with Crippen LogP contribution in [-0.2, 0) is 4.43 Å². The Labute approximate surface area is 91.8 Å². The van der Waals surface area contributed by atoms with E-state index in [1.165, 1.54) is 0 Å². The van der Waals surface area contributed by atoms with Crippen LogP contribution < -0.4 is 0 Å². The first-order valence-electron chi connectivity index (χ1n) is 4.47. The van der Waals surface area contributed by atoms with Gasteiger partial charge >= 0.3 is 0 Å². The summed E-state index contributed by atoms with van der Waals surface area (Å²) in [5.41, 5.74) is 0.345. The van der Waals surface area contributed by atoms with Gasteiger partial charge < -0.3 is 4.43 Å². The van der Waals surface area contributed by atoms with Crippen molar-refractivity contribution >= 4 is 31.8 Å². The standard InChI is InChI=1S/C9H20OS2Si/c1-6-11-7-8-12-9(2)10-13(3,4)5/h6,9H,1,7-8H2,2-5H3. The van der Waals surface area contributed by atoms with E-state index >= 15 is 0 Å². The van der Waals surface area contributed by atoms with E-state index in [1.807, 2.05) is 17.2 Å². The molecule has 0 fully saturated rings. The third-order valence-corrected chi connectivity index (χ3v) is 4.36. The Hall–Kier alpha value is 0.617. The quantitative estimate of drug-likeness (QED) is 0.378. The second-order valence-electron chi connectivity index (χ2n) is 3.71. The molecule has 0 bridgehead atoms. The zero-order chi connectivity index (χ0) is 10.3. The molecule has 1 atom stereocenters. The Morgan fingerprint density at radius 2 is 2.00 bits per heavy atom. The third-order valence-electron chi connectivity index (χ3n) is 1.19. The van der Waals surface area contributed by atoms with E-state index in [1.54, 1.807) is 11.8 Å². The number of hydrogen-bond donors (Lipinski definition) is 0. The summed E-state index contributed by atoms with van der Waals surface area (Å²) in [5.74, 6) is 2.27. The molecule has 0 aliphatic rings. The molecular weight excluding hydrogens is 216 g/mol. The summed E-state index contributed by atoms with van der Waals surface area (Å²) in [5, 5.41) is 1.89. The number of hydrogen-bond acceptors (Lipinski definition) is 3. The molecule has 0 aliphatic carbocycles. The van der Waals surface area contributed by atoms with E-state index in [0.717, 1.165) is 11.5 Å². The van der Waals surface area contributed by atoms with Gasteiger partial charge in [-0.3, -0.25) is 0 Å². The zero-order valence-electron chi connectivity index (χ0n) is 9.00. The van der Waals surface area contributed by atoms with Crippen molar-refractivity contribution in [3.63, 3.8) is 0 Å². The Bertz CT molecular complexity index is 145. The summed E-state index contributed by atoms with van der Waals surface area (Å²) in [6.45, 7) is 12.5. The van der Waals surface area contributed by atoms with Crippen molar-refractivity contribution in [1.82, 2.24) is 0 Å². The first-order valence-corrected chi connectivity index (χ1v) is 9.98. The molecule has 0 aromatic carbocycles. The molecule has 0 aromatic heterocycles. The van der Waals surface area contributed by atoms with Gasteiger partial charge in [0.2, 0.25) is 0 Å². The van der Waals surface area contributed by atoms with Crippen molar-refractivity contribution in [2.45, 2.75) is 32.0 Å². The van der Waals surface area contributed by atoms with Crippen molar-refractivity contribution < 1.29 is 4.43 Å². The molecule has 13 heavy (non-hydrogen) atoms. The second-order valence-corrected chi connectivity index (χ2v) is 10.6. The van der Waals surface area contributed by atoms with Crippen LogP contribution in [0.4, 0.5) is 0 Å². The van der Waals surface area contributed by atoms with Crippen molar-refractivity contribution in [3.05, 3.63) is 12.0 Å². The van der Waals surface area contributed by atoms with Gasteiger partial charge in [-0.15, -0.1) is 23.5 Å². The van der Waals surface area contributed by atoms with Crippen LogP contribution in [0.1, 0.15) is 6.92 Å². The average molecular weight is 236 g/mol. The first-order chi connectivity index (χ1) is 5.95. The Morgan fingerprint density at radius 1 is 1.38 bits per heavy atom. The van der Waals surface area contributed by atoms with Crippen LogP contribution in [0.5, 0.6) is 0 Å². The van der Waals surface area contributed by atoms with E-state index in [0.29, 0.717) is 5.44 Å². The molecule has 0 aromatic rings. The summed E-state index contributed by atoms with van der Waals surface area (Å²) in [7, 11) is -1.34. The molecular formula is C9H20OS2Si. The van der Waals surface area contributed by atoms with E-state index in [4.69, 9.17) is 4.43 Å². The highest BCUT2D eigenvalue weighted by molar-refractivity contribution is 8.04. The van der Waals surface area contributed by atoms with Crippen LogP contribution in [0.15, 0.2) is 12.0 Å². The lowest BCUT2D eigenvalue weighted by Crippen LogP contribution is -2.29. The lowest BCUT2D eigenvalue weighted by Gasteiger charge is -2.22. The zero-order valence-corrected chi connectivity index (χ0v) is 11.6. The fourth-order valence-electron chi connectivity index (χ4n) is 0.877. The average Bonchev–Trinajstić information content (AvgIpc) is 1.94. The molecule has 0 saturated carbocycles. The summed E-state index contributed by atoms with van der Waals surface area (Å²) >= 11 is 3.65. The maximum Gasteiger partial charge on any atom is 0.185 e. The molecule has 0 saturated heterocycles. The first kappa shape index (κ1) is 13.6. The minimum atomic E-state index is -1.34. The van der Waals surface area contributed by atoms with Gasteiger partial charge in [-0.05, 0) is 32.0 Å². The second kappa shape index (κ2) is 6.98. The van der Waals surface area contributed by atoms with Gasteiger partial charge in [-0.25, -0.2) is 0 Å². The van der Waals surface area contributed by atoms with E-state index in [-0.39, 0.29) is 0 Å². The predicted octanol–water partition coefficient (Wildman–Crippen LogP) is 3.79. The highest BCUT2D eigenvalue weighted by Gasteiger charge is 2.17. The topological polar surface area (TPSA) is 9.23 Å². The van der Waals surface area contributed by atoms with Crippen molar-refractivity contribution in [1.29, 1.82) is 0 Å². The smallest absolute Gasteiger partial charge is 0.185 e. The number of rotatable bonds is 7. The van der Waals surface area contributed by atoms with Crippen LogP contribution >= 0.6 is 23.5 Å². The summed E-state index contributed by atoms with van der Waals surface area (Å²) in [6.07, 6.45) is 0. The summed E-state index contributed by atoms with van der Waals surface area (Å²) in [6, 6.07) is 0. The molecule has 0 radical (unpaired) electrons. The van der Waals surface area contributed by atoms with Gasteiger partial charge in [0.15, 0.2) is 8.32 Å². The minimum Gasteiger partial charge on any atom is -0.406 e. The normalized spacial score (nSPS) is 14.2. The molecule has 0 amide bonds. The monoisotopic (exact) mass is 236 g/mol. The molecule has 1 nitrogen and oxygen atoms in total. The highest BCUT2D eigenvalue weighted by atomic mass is 32.2. The van der Waals surface area contributed by atoms with Crippen LogP contribution in [0.25, 0.3) is 0 Å². The molecule has 4 heteroatoms. The van der Waals surface area contributed by atoms with Gasteiger partial charge in [0.25, 0.3) is 0 Å². The summed E-state index contributed by atoms with van der Waals surface area (Å²) < 4.78 is 5.88. The molecule has 0 spiro atoms. The maximum atomic E-state index is 5.88. The highest BCUT2D eigenvalue weighted by Crippen LogP contribution is 2.18. The van der Waals surface area contributed by atoms with Gasteiger partial charge in [0.1, 0.15) is 0 Å². The van der Waals surface area contributed by atoms with Crippen molar-refractivity contribution in [2.24, 2.45) is 0 Å². The van der Waals surface area contributed by atoms with E-state index < -0.39 is 8.32 Å². The Morgan fingerprint density at radius 3 is 2.46 bits per heavy atom. The SMILES string of the molecule is C=CSCCSC(C)O[Si](C)(C)C. The van der Waals surface area contributed by atoms with Crippen LogP contribution in [0.2, 0.25) is 19.6 Å². The lowest BCUT2D eigenvalue weighted by atomic mass is 10.9. The van der Waals surface area contributed by atoms with E-state index in [2.05, 4.69) is 33.1 Å². The molecule has 1 unspecified atom stereocenters. The van der Waals surface area contributed by atoms with Gasteiger partial charge in [-0.1, -0.05) is 6.58 Å². The summed E-state index contributed by atoms with van der Waals surface area (Å²) in [4.78, 5) is 0. The Balaban J connectivity index is 3.40. The largest absolute Gasteiger partial charge is 0.406 e. The minimum absolute atomic E-state index is 0.345. The maximum absolute atomic E-state index is 5.88. The van der Waals surface area contributed by atoms with Crippen LogP contribution in [0.3, 0.4) is 0 Å². The molecule has 0 heterocycles. The molecule has 0 aliphatic heterocycles. The molecule has 0 rings (SSSR count). The predicted molar refractivity (Wildman–Crippen MR) is 69.0 cm³/mol. The fourth-order valence-corrected chi connectivity index (χ4v) is 4.28. The van der Waals surface area contributed by atoms with Crippen LogP contribution in [0, 0.1) is 0 Å². The lowest BCUT2D eigenvalue weighted by molar-refractivity contribution is 0.301. The van der Waals surface area contributed by atoms with Crippen LogP contribution in [-0.4, -0.2) is 25.3 Å². The fraction of sp³-hybridized carbons (Fsp3) is 0.778. The Kier molecular flexibility index (Phi) is 7.31.